The fraction of sp³-hybridized carbons (Fsp3) is 1.00. The lowest BCUT2D eigenvalue weighted by atomic mass is 9.82. The predicted molar refractivity (Wildman–Crippen MR) is 56.3 cm³/mol. The first kappa shape index (κ1) is 12.9. The maximum atomic E-state index is 10.0. The molecule has 0 unspecified atom stereocenters. The van der Waals surface area contributed by atoms with Crippen molar-refractivity contribution in [3.05, 3.63) is 0 Å². The molecule has 0 aromatic heterocycles. The summed E-state index contributed by atoms with van der Waals surface area (Å²) >= 11 is 0. The Morgan fingerprint density at radius 2 is 1.87 bits per heavy atom. The topological polar surface area (TPSA) is 58.9 Å². The summed E-state index contributed by atoms with van der Waals surface area (Å²) in [5.41, 5.74) is 0. The summed E-state index contributed by atoms with van der Waals surface area (Å²) < 4.78 is 10.8. The van der Waals surface area contributed by atoms with Gasteiger partial charge in [0.15, 0.2) is 6.29 Å². The van der Waals surface area contributed by atoms with Crippen LogP contribution in [0.4, 0.5) is 0 Å². The number of rotatable bonds is 3. The van der Waals surface area contributed by atoms with E-state index in [2.05, 4.69) is 0 Å². The molecule has 5 atom stereocenters. The van der Waals surface area contributed by atoms with Gasteiger partial charge in [-0.2, -0.15) is 0 Å². The first-order valence-electron chi connectivity index (χ1n) is 5.57. The van der Waals surface area contributed by atoms with Gasteiger partial charge in [0, 0.05) is 13.0 Å². The maximum absolute atomic E-state index is 10.0. The van der Waals surface area contributed by atoms with E-state index in [-0.39, 0.29) is 17.9 Å². The molecule has 1 rings (SSSR count). The van der Waals surface area contributed by atoms with Gasteiger partial charge < -0.3 is 19.7 Å². The average molecular weight is 218 g/mol. The van der Waals surface area contributed by atoms with Gasteiger partial charge in [-0.25, -0.2) is 0 Å². The second-order valence-electron chi connectivity index (χ2n) is 4.49. The molecule has 0 amide bonds. The Kier molecular flexibility index (Phi) is 4.52. The van der Waals surface area contributed by atoms with E-state index in [1.54, 1.807) is 7.11 Å². The van der Waals surface area contributed by atoms with Crippen molar-refractivity contribution < 1.29 is 19.7 Å². The van der Waals surface area contributed by atoms with Crippen LogP contribution in [0.1, 0.15) is 27.2 Å². The summed E-state index contributed by atoms with van der Waals surface area (Å²) in [6.07, 6.45) is -1.67. The van der Waals surface area contributed by atoms with Gasteiger partial charge >= 0.3 is 0 Å². The summed E-state index contributed by atoms with van der Waals surface area (Å²) in [5, 5.41) is 19.8. The molecule has 1 fully saturated rings. The van der Waals surface area contributed by atoms with Crippen LogP contribution in [0.3, 0.4) is 0 Å². The molecule has 1 heterocycles. The van der Waals surface area contributed by atoms with Gasteiger partial charge in [0.2, 0.25) is 0 Å². The van der Waals surface area contributed by atoms with Crippen molar-refractivity contribution in [3.8, 4) is 0 Å². The summed E-state index contributed by atoms with van der Waals surface area (Å²) in [7, 11) is 1.57. The SMILES string of the molecule is CC[C@H]1O[C@H](OC)[C@H](C(C)C)[C@@H](O)[C@H]1O. The zero-order chi connectivity index (χ0) is 11.6. The fourth-order valence-corrected chi connectivity index (χ4v) is 2.21. The average Bonchev–Trinajstić information content (AvgIpc) is 2.20. The van der Waals surface area contributed by atoms with Gasteiger partial charge in [0.25, 0.3) is 0 Å². The van der Waals surface area contributed by atoms with E-state index in [1.807, 2.05) is 20.8 Å². The molecule has 2 N–H and O–H groups in total. The number of aliphatic hydroxyl groups is 2. The van der Waals surface area contributed by atoms with E-state index < -0.39 is 18.5 Å². The largest absolute Gasteiger partial charge is 0.390 e. The molecule has 0 aliphatic carbocycles. The molecule has 1 aliphatic rings. The van der Waals surface area contributed by atoms with Crippen molar-refractivity contribution in [2.45, 2.75) is 51.8 Å². The van der Waals surface area contributed by atoms with Crippen LogP contribution in [-0.2, 0) is 9.47 Å². The van der Waals surface area contributed by atoms with Crippen LogP contribution in [0.15, 0.2) is 0 Å². The van der Waals surface area contributed by atoms with E-state index in [1.165, 1.54) is 0 Å². The summed E-state index contributed by atoms with van der Waals surface area (Å²) in [4.78, 5) is 0. The minimum absolute atomic E-state index is 0.173. The summed E-state index contributed by atoms with van der Waals surface area (Å²) in [6.45, 7) is 5.90. The normalized spacial score (nSPS) is 42.2. The number of hydrogen-bond donors (Lipinski definition) is 2. The Morgan fingerprint density at radius 1 is 1.27 bits per heavy atom. The molecule has 4 nitrogen and oxygen atoms in total. The van der Waals surface area contributed by atoms with Gasteiger partial charge in [-0.05, 0) is 12.3 Å². The van der Waals surface area contributed by atoms with Crippen molar-refractivity contribution in [3.63, 3.8) is 0 Å². The van der Waals surface area contributed by atoms with Crippen LogP contribution in [-0.4, -0.2) is 41.9 Å². The van der Waals surface area contributed by atoms with Gasteiger partial charge in [0.05, 0.1) is 12.2 Å². The molecule has 0 radical (unpaired) electrons. The first-order chi connectivity index (χ1) is 7.02. The lowest BCUT2D eigenvalue weighted by molar-refractivity contribution is -0.280. The quantitative estimate of drug-likeness (QED) is 0.734. The Hall–Kier alpha value is -0.160. The van der Waals surface area contributed by atoms with Crippen LogP contribution < -0.4 is 0 Å². The highest BCUT2D eigenvalue weighted by atomic mass is 16.7. The lowest BCUT2D eigenvalue weighted by Gasteiger charge is -2.43. The van der Waals surface area contributed by atoms with Gasteiger partial charge in [0.1, 0.15) is 6.10 Å². The molecule has 90 valence electrons. The second-order valence-corrected chi connectivity index (χ2v) is 4.49. The first-order valence-corrected chi connectivity index (χ1v) is 5.57. The molecule has 0 saturated carbocycles. The van der Waals surface area contributed by atoms with E-state index in [0.29, 0.717) is 6.42 Å². The molecule has 0 bridgehead atoms. The van der Waals surface area contributed by atoms with E-state index >= 15 is 0 Å². The highest BCUT2D eigenvalue weighted by Crippen LogP contribution is 2.32. The van der Waals surface area contributed by atoms with E-state index in [9.17, 15) is 10.2 Å². The zero-order valence-corrected chi connectivity index (χ0v) is 9.88. The highest BCUT2D eigenvalue weighted by molar-refractivity contribution is 4.89. The number of ether oxygens (including phenoxy) is 2. The summed E-state index contributed by atoms with van der Waals surface area (Å²) in [5.74, 6) is 0.0326. The molecule has 0 aromatic rings. The monoisotopic (exact) mass is 218 g/mol. The minimum atomic E-state index is -0.811. The highest BCUT2D eigenvalue weighted by Gasteiger charge is 2.44. The number of methoxy groups -OCH3 is 1. The molecule has 0 spiro atoms. The van der Waals surface area contributed by atoms with Crippen LogP contribution in [0, 0.1) is 11.8 Å². The third kappa shape index (κ3) is 2.50. The number of hydrogen-bond acceptors (Lipinski definition) is 4. The van der Waals surface area contributed by atoms with Crippen molar-refractivity contribution >= 4 is 0 Å². The smallest absolute Gasteiger partial charge is 0.163 e. The molecule has 1 saturated heterocycles. The third-order valence-electron chi connectivity index (χ3n) is 3.15. The molecule has 0 aromatic carbocycles. The van der Waals surface area contributed by atoms with Crippen molar-refractivity contribution in [1.29, 1.82) is 0 Å². The van der Waals surface area contributed by atoms with Gasteiger partial charge in [-0.3, -0.25) is 0 Å². The molecular weight excluding hydrogens is 196 g/mol. The Labute approximate surface area is 91.2 Å². The minimum Gasteiger partial charge on any atom is -0.390 e. The maximum Gasteiger partial charge on any atom is 0.163 e. The Morgan fingerprint density at radius 3 is 2.27 bits per heavy atom. The third-order valence-corrected chi connectivity index (χ3v) is 3.15. The van der Waals surface area contributed by atoms with Crippen LogP contribution in [0.2, 0.25) is 0 Å². The van der Waals surface area contributed by atoms with E-state index in [0.717, 1.165) is 0 Å². The van der Waals surface area contributed by atoms with Crippen molar-refractivity contribution in [2.75, 3.05) is 7.11 Å². The standard InChI is InChI=1S/C11H22O4/c1-5-7-9(12)10(13)8(6(2)3)11(14-4)15-7/h6-13H,5H2,1-4H3/t7-,8-,9+,10-,11+/m1/s1. The van der Waals surface area contributed by atoms with Gasteiger partial charge in [-0.1, -0.05) is 20.8 Å². The number of aliphatic hydroxyl groups excluding tert-OH is 2. The predicted octanol–water partition coefficient (Wildman–Crippen LogP) is 0.762. The lowest BCUT2D eigenvalue weighted by Crippen LogP contribution is -2.56. The van der Waals surface area contributed by atoms with E-state index in [4.69, 9.17) is 9.47 Å². The van der Waals surface area contributed by atoms with Crippen LogP contribution >= 0.6 is 0 Å². The molecule has 1 aliphatic heterocycles. The van der Waals surface area contributed by atoms with Gasteiger partial charge in [-0.15, -0.1) is 0 Å². The van der Waals surface area contributed by atoms with Crippen molar-refractivity contribution in [1.82, 2.24) is 0 Å². The fourth-order valence-electron chi connectivity index (χ4n) is 2.21. The second kappa shape index (κ2) is 5.25. The van der Waals surface area contributed by atoms with Crippen LogP contribution in [0.5, 0.6) is 0 Å². The molecule has 15 heavy (non-hydrogen) atoms. The van der Waals surface area contributed by atoms with Crippen molar-refractivity contribution in [2.24, 2.45) is 11.8 Å². The molecular formula is C11H22O4. The summed E-state index contributed by atoms with van der Waals surface area (Å²) in [6, 6.07) is 0. The Balaban J connectivity index is 2.79. The molecule has 4 heteroatoms. The zero-order valence-electron chi connectivity index (χ0n) is 9.88. The Bertz CT molecular complexity index is 193. The van der Waals surface area contributed by atoms with Crippen LogP contribution in [0.25, 0.3) is 0 Å².